The van der Waals surface area contributed by atoms with Crippen LogP contribution >= 0.6 is 27.3 Å². The number of fused-ring (bicyclic) bond motifs is 1. The van der Waals surface area contributed by atoms with E-state index in [1.807, 2.05) is 49.4 Å². The van der Waals surface area contributed by atoms with Crippen LogP contribution in [-0.4, -0.2) is 18.4 Å². The monoisotopic (exact) mass is 554 g/mol. The second-order valence-corrected chi connectivity index (χ2v) is 11.8. The van der Waals surface area contributed by atoms with Crippen LogP contribution in [0.4, 0.5) is 10.7 Å². The Morgan fingerprint density at radius 3 is 2.43 bits per heavy atom. The molecule has 0 aliphatic heterocycles. The summed E-state index contributed by atoms with van der Waals surface area (Å²) in [5.41, 5.74) is 3.03. The Morgan fingerprint density at radius 1 is 1.06 bits per heavy atom. The molecule has 2 amide bonds. The number of rotatable bonds is 6. The Balaban J connectivity index is 1.66. The van der Waals surface area contributed by atoms with Crippen LogP contribution in [-0.2, 0) is 12.8 Å². The molecule has 0 saturated carbocycles. The summed E-state index contributed by atoms with van der Waals surface area (Å²) in [4.78, 5) is 27.9. The van der Waals surface area contributed by atoms with Crippen molar-refractivity contribution in [2.24, 2.45) is 11.3 Å². The van der Waals surface area contributed by atoms with Crippen molar-refractivity contribution in [3.63, 3.8) is 0 Å². The van der Waals surface area contributed by atoms with Gasteiger partial charge in [-0.25, -0.2) is 0 Å². The fourth-order valence-electron chi connectivity index (χ4n) is 4.46. The third-order valence-corrected chi connectivity index (χ3v) is 8.35. The number of anilines is 2. The minimum absolute atomic E-state index is 0.185. The molecule has 184 valence electrons. The highest BCUT2D eigenvalue weighted by atomic mass is 79.9. The molecular formula is C28H31BrN2O3S. The molecule has 1 atom stereocenters. The molecule has 7 heteroatoms. The highest BCUT2D eigenvalue weighted by Gasteiger charge is 2.34. The molecule has 0 spiro atoms. The van der Waals surface area contributed by atoms with Crippen molar-refractivity contribution in [3.05, 3.63) is 74.6 Å². The number of hydrogen-bond donors (Lipinski definition) is 2. The number of carbonyl (C=O) groups excluding carboxylic acids is 2. The summed E-state index contributed by atoms with van der Waals surface area (Å²) in [7, 11) is 0. The van der Waals surface area contributed by atoms with Crippen LogP contribution in [0.2, 0.25) is 0 Å². The number of ether oxygens (including phenoxy) is 1. The van der Waals surface area contributed by atoms with Crippen molar-refractivity contribution in [1.29, 1.82) is 0 Å². The van der Waals surface area contributed by atoms with E-state index < -0.39 is 0 Å². The van der Waals surface area contributed by atoms with Gasteiger partial charge in [-0.15, -0.1) is 11.3 Å². The van der Waals surface area contributed by atoms with Gasteiger partial charge in [0.15, 0.2) is 0 Å². The molecule has 0 radical (unpaired) electrons. The van der Waals surface area contributed by atoms with Gasteiger partial charge in [0.25, 0.3) is 11.8 Å². The van der Waals surface area contributed by atoms with Gasteiger partial charge >= 0.3 is 0 Å². The number of carbonyl (C=O) groups is 2. The van der Waals surface area contributed by atoms with Crippen LogP contribution in [0.1, 0.15) is 65.3 Å². The van der Waals surface area contributed by atoms with Gasteiger partial charge in [0, 0.05) is 15.0 Å². The maximum absolute atomic E-state index is 13.5. The van der Waals surface area contributed by atoms with Gasteiger partial charge in [-0.2, -0.15) is 0 Å². The van der Waals surface area contributed by atoms with Crippen LogP contribution in [0.3, 0.4) is 0 Å². The first-order valence-corrected chi connectivity index (χ1v) is 13.5. The van der Waals surface area contributed by atoms with Crippen LogP contribution in [0, 0.1) is 11.3 Å². The van der Waals surface area contributed by atoms with Crippen molar-refractivity contribution in [2.45, 2.75) is 47.0 Å². The van der Waals surface area contributed by atoms with Gasteiger partial charge in [0.05, 0.1) is 17.7 Å². The fourth-order valence-corrected chi connectivity index (χ4v) is 6.25. The first kappa shape index (κ1) is 25.5. The Morgan fingerprint density at radius 2 is 1.77 bits per heavy atom. The first-order chi connectivity index (χ1) is 16.7. The lowest BCUT2D eigenvalue weighted by molar-refractivity contribution is 0.102. The van der Waals surface area contributed by atoms with E-state index >= 15 is 0 Å². The summed E-state index contributed by atoms with van der Waals surface area (Å²) in [6.45, 7) is 9.33. The molecule has 1 aliphatic carbocycles. The normalized spacial score (nSPS) is 15.3. The molecule has 0 bridgehead atoms. The van der Waals surface area contributed by atoms with Crippen molar-refractivity contribution >= 4 is 49.8 Å². The summed E-state index contributed by atoms with van der Waals surface area (Å²) in [5.74, 6) is 0.845. The van der Waals surface area contributed by atoms with E-state index in [9.17, 15) is 9.59 Å². The SMILES string of the molecule is CCOc1ccc(NC(=O)c2c(NC(=O)c3ccccc3Br)sc3c2CCC(C(C)(C)C)C3)cc1. The third kappa shape index (κ3) is 5.78. The van der Waals surface area contributed by atoms with E-state index in [1.165, 1.54) is 16.2 Å². The highest BCUT2D eigenvalue weighted by Crippen LogP contribution is 2.44. The average Bonchev–Trinajstić information content (AvgIpc) is 3.17. The molecule has 5 nitrogen and oxygen atoms in total. The maximum Gasteiger partial charge on any atom is 0.258 e. The molecule has 1 aliphatic rings. The maximum atomic E-state index is 13.5. The number of benzene rings is 2. The van der Waals surface area contributed by atoms with E-state index in [4.69, 9.17) is 4.74 Å². The van der Waals surface area contributed by atoms with E-state index in [0.717, 1.165) is 30.6 Å². The Hall–Kier alpha value is -2.64. The van der Waals surface area contributed by atoms with E-state index in [2.05, 4.69) is 47.3 Å². The van der Waals surface area contributed by atoms with Gasteiger partial charge in [-0.05, 0) is 95.4 Å². The van der Waals surface area contributed by atoms with Gasteiger partial charge in [-0.1, -0.05) is 32.9 Å². The molecule has 1 heterocycles. The zero-order valence-electron chi connectivity index (χ0n) is 20.5. The molecule has 1 unspecified atom stereocenters. The van der Waals surface area contributed by atoms with E-state index in [-0.39, 0.29) is 17.2 Å². The molecule has 2 N–H and O–H groups in total. The Bertz CT molecular complexity index is 1230. The lowest BCUT2D eigenvalue weighted by atomic mass is 9.72. The largest absolute Gasteiger partial charge is 0.494 e. The van der Waals surface area contributed by atoms with Gasteiger partial charge in [0.2, 0.25) is 0 Å². The van der Waals surface area contributed by atoms with Gasteiger partial charge < -0.3 is 15.4 Å². The van der Waals surface area contributed by atoms with Crippen molar-refractivity contribution < 1.29 is 14.3 Å². The summed E-state index contributed by atoms with van der Waals surface area (Å²) in [6.07, 6.45) is 2.76. The highest BCUT2D eigenvalue weighted by molar-refractivity contribution is 9.10. The first-order valence-electron chi connectivity index (χ1n) is 11.9. The van der Waals surface area contributed by atoms with Crippen LogP contribution in [0.25, 0.3) is 0 Å². The predicted octanol–water partition coefficient (Wildman–Crippen LogP) is 7.56. The molecule has 0 fully saturated rings. The van der Waals surface area contributed by atoms with Crippen LogP contribution < -0.4 is 15.4 Å². The second kappa shape index (κ2) is 10.5. The Kier molecular flexibility index (Phi) is 7.67. The summed E-state index contributed by atoms with van der Waals surface area (Å²) in [5, 5.41) is 6.67. The zero-order chi connectivity index (χ0) is 25.2. The zero-order valence-corrected chi connectivity index (χ0v) is 22.9. The standard InChI is InChI=1S/C28H31BrN2O3S/c1-5-34-19-13-11-18(12-14-19)30-26(33)24-21-15-10-17(28(2,3)4)16-23(21)35-27(24)31-25(32)20-8-6-7-9-22(20)29/h6-9,11-14,17H,5,10,15-16H2,1-4H3,(H,30,33)(H,31,32). The molecule has 3 aromatic rings. The molecule has 0 saturated heterocycles. The van der Waals surface area contributed by atoms with Gasteiger partial charge in [0.1, 0.15) is 10.8 Å². The molecule has 4 rings (SSSR count). The lowest BCUT2D eigenvalue weighted by Gasteiger charge is -2.33. The van der Waals surface area contributed by atoms with E-state index in [0.29, 0.717) is 38.8 Å². The van der Waals surface area contributed by atoms with E-state index in [1.54, 1.807) is 6.07 Å². The molecule has 1 aromatic heterocycles. The van der Waals surface area contributed by atoms with Crippen LogP contribution in [0.15, 0.2) is 53.0 Å². The molecule has 35 heavy (non-hydrogen) atoms. The predicted molar refractivity (Wildman–Crippen MR) is 147 cm³/mol. The summed E-state index contributed by atoms with van der Waals surface area (Å²) in [6, 6.07) is 14.6. The summed E-state index contributed by atoms with van der Waals surface area (Å²) < 4.78 is 6.22. The topological polar surface area (TPSA) is 67.4 Å². The molecular weight excluding hydrogens is 524 g/mol. The van der Waals surface area contributed by atoms with Gasteiger partial charge in [-0.3, -0.25) is 9.59 Å². The number of thiophene rings is 1. The third-order valence-electron chi connectivity index (χ3n) is 6.49. The number of amides is 2. The number of hydrogen-bond acceptors (Lipinski definition) is 4. The number of halogens is 1. The molecule has 2 aromatic carbocycles. The second-order valence-electron chi connectivity index (χ2n) is 9.86. The summed E-state index contributed by atoms with van der Waals surface area (Å²) >= 11 is 4.99. The van der Waals surface area contributed by atoms with Crippen molar-refractivity contribution in [1.82, 2.24) is 0 Å². The van der Waals surface area contributed by atoms with Crippen molar-refractivity contribution in [3.8, 4) is 5.75 Å². The van der Waals surface area contributed by atoms with Crippen LogP contribution in [0.5, 0.6) is 5.75 Å². The number of nitrogens with one attached hydrogen (secondary N) is 2. The lowest BCUT2D eigenvalue weighted by Crippen LogP contribution is -2.27. The minimum atomic E-state index is -0.237. The van der Waals surface area contributed by atoms with Crippen molar-refractivity contribution in [2.75, 3.05) is 17.2 Å². The smallest absolute Gasteiger partial charge is 0.258 e. The quantitative estimate of drug-likeness (QED) is 0.330. The average molecular weight is 556 g/mol. The minimum Gasteiger partial charge on any atom is -0.494 e. The Labute approximate surface area is 219 Å². The fraction of sp³-hybridized carbons (Fsp3) is 0.357.